The molecule has 1 amide bonds. The molecule has 0 spiro atoms. The zero-order valence-corrected chi connectivity index (χ0v) is 12.5. The van der Waals surface area contributed by atoms with Crippen molar-refractivity contribution in [1.82, 2.24) is 25.4 Å². The molecule has 1 fully saturated rings. The lowest BCUT2D eigenvalue weighted by Gasteiger charge is -2.20. The summed E-state index contributed by atoms with van der Waals surface area (Å²) < 4.78 is 1.71. The van der Waals surface area contributed by atoms with Gasteiger partial charge in [0.05, 0.1) is 17.9 Å². The van der Waals surface area contributed by atoms with Gasteiger partial charge in [0.1, 0.15) is 6.54 Å². The van der Waals surface area contributed by atoms with Gasteiger partial charge in [0.2, 0.25) is 5.91 Å². The fourth-order valence-electron chi connectivity index (χ4n) is 2.68. The molecule has 1 aliphatic heterocycles. The molecule has 0 bridgehead atoms. The molecular formula is C16H21N5O. The first-order chi connectivity index (χ1) is 10.8. The summed E-state index contributed by atoms with van der Waals surface area (Å²) in [4.78, 5) is 16.1. The highest BCUT2D eigenvalue weighted by Gasteiger charge is 2.17. The summed E-state index contributed by atoms with van der Waals surface area (Å²) in [5.41, 5.74) is 1.93. The van der Waals surface area contributed by atoms with Crippen molar-refractivity contribution in [3.05, 3.63) is 48.0 Å². The molecule has 1 aliphatic rings. The average molecular weight is 299 g/mol. The first-order valence-electron chi connectivity index (χ1n) is 7.72. The van der Waals surface area contributed by atoms with Crippen LogP contribution in [0, 0.1) is 0 Å². The van der Waals surface area contributed by atoms with E-state index in [0.717, 1.165) is 30.9 Å². The Morgan fingerprint density at radius 2 is 2.36 bits per heavy atom. The normalized spacial score (nSPS) is 18.1. The van der Waals surface area contributed by atoms with Crippen molar-refractivity contribution < 1.29 is 4.79 Å². The third kappa shape index (κ3) is 3.92. The number of carbonyl (C=O) groups excluding carboxylic acids is 1. The number of carbonyl (C=O) groups is 1. The topological polar surface area (TPSA) is 71.8 Å². The van der Waals surface area contributed by atoms with Crippen LogP contribution in [-0.4, -0.2) is 33.8 Å². The van der Waals surface area contributed by atoms with Gasteiger partial charge in [-0.1, -0.05) is 6.07 Å². The standard InChI is InChI=1S/C16H21N5O/c22-16(19-11-14-5-1-2-8-18-14)12-21-9-6-15(20-21)13-4-3-7-17-10-13/h1-2,5-6,8-9,13,17H,3-4,7,10-12H2,(H,19,22). The molecule has 2 N–H and O–H groups in total. The fourth-order valence-corrected chi connectivity index (χ4v) is 2.68. The molecule has 0 aliphatic carbocycles. The Balaban J connectivity index is 1.50. The molecule has 3 heterocycles. The van der Waals surface area contributed by atoms with E-state index in [9.17, 15) is 4.79 Å². The third-order valence-electron chi connectivity index (χ3n) is 3.87. The minimum atomic E-state index is -0.0536. The summed E-state index contributed by atoms with van der Waals surface area (Å²) in [6.45, 7) is 2.75. The Morgan fingerprint density at radius 3 is 3.14 bits per heavy atom. The molecule has 3 rings (SSSR count). The van der Waals surface area contributed by atoms with Crippen molar-refractivity contribution in [2.24, 2.45) is 0 Å². The SMILES string of the molecule is O=C(Cn1ccc(C2CCCNC2)n1)NCc1ccccn1. The van der Waals surface area contributed by atoms with Gasteiger partial charge in [0, 0.05) is 24.9 Å². The maximum atomic E-state index is 12.0. The fraction of sp³-hybridized carbons (Fsp3) is 0.438. The number of nitrogens with zero attached hydrogens (tertiary/aromatic N) is 3. The lowest BCUT2D eigenvalue weighted by molar-refractivity contribution is -0.122. The monoisotopic (exact) mass is 299 g/mol. The van der Waals surface area contributed by atoms with Crippen LogP contribution in [0.25, 0.3) is 0 Å². The second-order valence-electron chi connectivity index (χ2n) is 5.58. The smallest absolute Gasteiger partial charge is 0.242 e. The Bertz CT molecular complexity index is 604. The molecule has 1 saturated heterocycles. The number of nitrogens with one attached hydrogen (secondary N) is 2. The minimum absolute atomic E-state index is 0.0536. The van der Waals surface area contributed by atoms with Crippen LogP contribution < -0.4 is 10.6 Å². The van der Waals surface area contributed by atoms with Gasteiger partial charge < -0.3 is 10.6 Å². The number of hydrogen-bond acceptors (Lipinski definition) is 4. The van der Waals surface area contributed by atoms with Crippen molar-refractivity contribution in [3.63, 3.8) is 0 Å². The minimum Gasteiger partial charge on any atom is -0.349 e. The molecular weight excluding hydrogens is 278 g/mol. The van der Waals surface area contributed by atoms with E-state index in [1.165, 1.54) is 6.42 Å². The molecule has 6 heteroatoms. The quantitative estimate of drug-likeness (QED) is 0.866. The predicted molar refractivity (Wildman–Crippen MR) is 83.2 cm³/mol. The molecule has 22 heavy (non-hydrogen) atoms. The first-order valence-corrected chi connectivity index (χ1v) is 7.72. The number of rotatable bonds is 5. The Hall–Kier alpha value is -2.21. The summed E-state index contributed by atoms with van der Waals surface area (Å²) in [5, 5.41) is 10.8. The van der Waals surface area contributed by atoms with Crippen molar-refractivity contribution >= 4 is 5.91 Å². The second kappa shape index (κ2) is 7.17. The van der Waals surface area contributed by atoms with Gasteiger partial charge in [-0.25, -0.2) is 0 Å². The summed E-state index contributed by atoms with van der Waals surface area (Å²) in [6, 6.07) is 7.68. The van der Waals surface area contributed by atoms with E-state index in [2.05, 4.69) is 20.7 Å². The molecule has 116 valence electrons. The molecule has 2 aromatic heterocycles. The number of amides is 1. The van der Waals surface area contributed by atoms with E-state index in [1.54, 1.807) is 10.9 Å². The predicted octanol–water partition coefficient (Wildman–Crippen LogP) is 1.06. The maximum absolute atomic E-state index is 12.0. The highest BCUT2D eigenvalue weighted by molar-refractivity contribution is 5.75. The van der Waals surface area contributed by atoms with E-state index < -0.39 is 0 Å². The van der Waals surface area contributed by atoms with Gasteiger partial charge in [0.15, 0.2) is 0 Å². The first kappa shape index (κ1) is 14.7. The molecule has 6 nitrogen and oxygen atoms in total. The molecule has 2 aromatic rings. The Morgan fingerprint density at radius 1 is 1.41 bits per heavy atom. The number of aromatic nitrogens is 3. The number of hydrogen-bond donors (Lipinski definition) is 2. The summed E-state index contributed by atoms with van der Waals surface area (Å²) in [6.07, 6.45) is 5.95. The Kier molecular flexibility index (Phi) is 4.80. The van der Waals surface area contributed by atoms with Crippen LogP contribution in [0.5, 0.6) is 0 Å². The van der Waals surface area contributed by atoms with Gasteiger partial charge >= 0.3 is 0 Å². The van der Waals surface area contributed by atoms with Crippen molar-refractivity contribution in [2.45, 2.75) is 31.8 Å². The molecule has 1 unspecified atom stereocenters. The number of piperidine rings is 1. The molecule has 1 atom stereocenters. The van der Waals surface area contributed by atoms with Crippen LogP contribution in [0.4, 0.5) is 0 Å². The molecule has 0 aromatic carbocycles. The van der Waals surface area contributed by atoms with Crippen molar-refractivity contribution in [3.8, 4) is 0 Å². The van der Waals surface area contributed by atoms with Crippen molar-refractivity contribution in [2.75, 3.05) is 13.1 Å². The largest absolute Gasteiger partial charge is 0.349 e. The maximum Gasteiger partial charge on any atom is 0.242 e. The van der Waals surface area contributed by atoms with Crippen molar-refractivity contribution in [1.29, 1.82) is 0 Å². The van der Waals surface area contributed by atoms with Gasteiger partial charge in [-0.2, -0.15) is 5.10 Å². The Labute approximate surface area is 129 Å². The average Bonchev–Trinajstić information content (AvgIpc) is 3.03. The molecule has 0 radical (unpaired) electrons. The lowest BCUT2D eigenvalue weighted by Crippen LogP contribution is -2.29. The number of pyridine rings is 1. The summed E-state index contributed by atoms with van der Waals surface area (Å²) in [5.74, 6) is 0.411. The van der Waals surface area contributed by atoms with Gasteiger partial charge in [-0.05, 0) is 37.6 Å². The van der Waals surface area contributed by atoms with Crippen LogP contribution in [-0.2, 0) is 17.9 Å². The van der Waals surface area contributed by atoms with Gasteiger partial charge in [-0.3, -0.25) is 14.5 Å². The van der Waals surface area contributed by atoms with E-state index in [0.29, 0.717) is 12.5 Å². The highest BCUT2D eigenvalue weighted by Crippen LogP contribution is 2.21. The third-order valence-corrected chi connectivity index (χ3v) is 3.87. The summed E-state index contributed by atoms with van der Waals surface area (Å²) in [7, 11) is 0. The van der Waals surface area contributed by atoms with Gasteiger partial charge in [0.25, 0.3) is 0 Å². The zero-order chi connectivity index (χ0) is 15.2. The van der Waals surface area contributed by atoms with Crippen LogP contribution in [0.3, 0.4) is 0 Å². The van der Waals surface area contributed by atoms with E-state index >= 15 is 0 Å². The van der Waals surface area contributed by atoms with Crippen LogP contribution in [0.15, 0.2) is 36.7 Å². The second-order valence-corrected chi connectivity index (χ2v) is 5.58. The molecule has 0 saturated carbocycles. The van der Waals surface area contributed by atoms with E-state index in [4.69, 9.17) is 0 Å². The summed E-state index contributed by atoms with van der Waals surface area (Å²) >= 11 is 0. The van der Waals surface area contributed by atoms with Crippen LogP contribution in [0.2, 0.25) is 0 Å². The van der Waals surface area contributed by atoms with E-state index in [1.807, 2.05) is 30.5 Å². The van der Waals surface area contributed by atoms with Crippen LogP contribution >= 0.6 is 0 Å². The zero-order valence-electron chi connectivity index (χ0n) is 12.5. The highest BCUT2D eigenvalue weighted by atomic mass is 16.2. The van der Waals surface area contributed by atoms with E-state index in [-0.39, 0.29) is 12.5 Å². The van der Waals surface area contributed by atoms with Gasteiger partial charge in [-0.15, -0.1) is 0 Å². The van der Waals surface area contributed by atoms with Crippen LogP contribution in [0.1, 0.15) is 30.1 Å². The lowest BCUT2D eigenvalue weighted by atomic mass is 9.97.